The number of esters is 1. The molecule has 2 rings (SSSR count). The average Bonchev–Trinajstić information content (AvgIpc) is 2.84. The van der Waals surface area contributed by atoms with Gasteiger partial charge in [-0.25, -0.2) is 4.79 Å². The largest absolute Gasteiger partial charge is 0.465 e. The standard InChI is InChI=1S/C21H36N2O5/c1-8-27-17(24)13-22(18(25)20(2,3)4)15-11-9-14-10-12-16(15)23(14)19(26)28-21(5,6)7/h14-16H,8-13H2,1-7H3. The second-order valence-corrected chi connectivity index (χ2v) is 9.82. The molecule has 0 aromatic carbocycles. The second kappa shape index (κ2) is 8.29. The van der Waals surface area contributed by atoms with E-state index >= 15 is 0 Å². The van der Waals surface area contributed by atoms with E-state index < -0.39 is 17.0 Å². The lowest BCUT2D eigenvalue weighted by atomic mass is 9.90. The van der Waals surface area contributed by atoms with Crippen LogP contribution < -0.4 is 0 Å². The summed E-state index contributed by atoms with van der Waals surface area (Å²) in [5.41, 5.74) is -1.20. The van der Waals surface area contributed by atoms with E-state index in [4.69, 9.17) is 9.47 Å². The third-order valence-electron chi connectivity index (χ3n) is 5.30. The first kappa shape index (κ1) is 22.5. The van der Waals surface area contributed by atoms with E-state index in [1.54, 1.807) is 11.8 Å². The number of amides is 2. The third-order valence-corrected chi connectivity index (χ3v) is 5.30. The molecule has 2 heterocycles. The summed E-state index contributed by atoms with van der Waals surface area (Å²) in [5.74, 6) is -0.510. The second-order valence-electron chi connectivity index (χ2n) is 9.82. The van der Waals surface area contributed by atoms with Gasteiger partial charge < -0.3 is 19.3 Å². The number of nitrogens with zero attached hydrogens (tertiary/aromatic N) is 2. The zero-order valence-electron chi connectivity index (χ0n) is 18.4. The van der Waals surface area contributed by atoms with Gasteiger partial charge in [0.1, 0.15) is 12.1 Å². The minimum Gasteiger partial charge on any atom is -0.465 e. The molecule has 0 aromatic rings. The number of fused-ring (bicyclic) bond motifs is 2. The molecule has 0 radical (unpaired) electrons. The summed E-state index contributed by atoms with van der Waals surface area (Å²) in [6.07, 6.45) is 2.96. The summed E-state index contributed by atoms with van der Waals surface area (Å²) in [6, 6.07) is -0.193. The van der Waals surface area contributed by atoms with Crippen molar-refractivity contribution in [3.05, 3.63) is 0 Å². The normalized spacial score (nSPS) is 24.7. The van der Waals surface area contributed by atoms with Crippen LogP contribution in [0.15, 0.2) is 0 Å². The predicted molar refractivity (Wildman–Crippen MR) is 106 cm³/mol. The first-order valence-corrected chi connectivity index (χ1v) is 10.3. The summed E-state index contributed by atoms with van der Waals surface area (Å²) in [6.45, 7) is 13.0. The number of ether oxygens (including phenoxy) is 2. The van der Waals surface area contributed by atoms with Crippen molar-refractivity contribution in [2.75, 3.05) is 13.2 Å². The Labute approximate surface area is 168 Å². The van der Waals surface area contributed by atoms with Gasteiger partial charge in [0.05, 0.1) is 18.7 Å². The van der Waals surface area contributed by atoms with Crippen molar-refractivity contribution >= 4 is 18.0 Å². The van der Waals surface area contributed by atoms with E-state index in [1.807, 2.05) is 46.4 Å². The molecule has 7 nitrogen and oxygen atoms in total. The van der Waals surface area contributed by atoms with Crippen LogP contribution in [0.5, 0.6) is 0 Å². The Morgan fingerprint density at radius 2 is 1.61 bits per heavy atom. The molecule has 160 valence electrons. The fourth-order valence-corrected chi connectivity index (χ4v) is 4.21. The van der Waals surface area contributed by atoms with Crippen LogP contribution in [-0.2, 0) is 19.1 Å². The summed E-state index contributed by atoms with van der Waals surface area (Å²) < 4.78 is 10.7. The van der Waals surface area contributed by atoms with Gasteiger partial charge >= 0.3 is 12.1 Å². The average molecular weight is 397 g/mol. The Morgan fingerprint density at radius 1 is 1.00 bits per heavy atom. The van der Waals surface area contributed by atoms with Gasteiger partial charge in [-0.15, -0.1) is 0 Å². The van der Waals surface area contributed by atoms with Gasteiger partial charge in [0.2, 0.25) is 5.91 Å². The first-order valence-electron chi connectivity index (χ1n) is 10.3. The Bertz CT molecular complexity index is 605. The Balaban J connectivity index is 2.28. The van der Waals surface area contributed by atoms with Crippen LogP contribution in [0.25, 0.3) is 0 Å². The van der Waals surface area contributed by atoms with Crippen molar-refractivity contribution in [3.8, 4) is 0 Å². The van der Waals surface area contributed by atoms with E-state index in [2.05, 4.69) is 0 Å². The monoisotopic (exact) mass is 396 g/mol. The molecule has 0 aromatic heterocycles. The van der Waals surface area contributed by atoms with Crippen LogP contribution in [0.1, 0.15) is 74.1 Å². The van der Waals surface area contributed by atoms with Gasteiger partial charge in [0.15, 0.2) is 0 Å². The van der Waals surface area contributed by atoms with Crippen molar-refractivity contribution in [2.45, 2.75) is 97.9 Å². The highest BCUT2D eigenvalue weighted by molar-refractivity contribution is 5.86. The molecule has 0 saturated carbocycles. The van der Waals surface area contributed by atoms with Crippen molar-refractivity contribution in [1.82, 2.24) is 9.80 Å². The lowest BCUT2D eigenvalue weighted by Gasteiger charge is -2.45. The maximum absolute atomic E-state index is 13.2. The van der Waals surface area contributed by atoms with Crippen LogP contribution in [0.2, 0.25) is 0 Å². The number of hydrogen-bond donors (Lipinski definition) is 0. The van der Waals surface area contributed by atoms with Crippen molar-refractivity contribution in [2.24, 2.45) is 5.41 Å². The number of hydrogen-bond acceptors (Lipinski definition) is 5. The van der Waals surface area contributed by atoms with E-state index in [0.29, 0.717) is 0 Å². The lowest BCUT2D eigenvalue weighted by Crippen LogP contribution is -2.60. The molecule has 0 aliphatic carbocycles. The molecular weight excluding hydrogens is 360 g/mol. The van der Waals surface area contributed by atoms with Gasteiger partial charge in [-0.1, -0.05) is 20.8 Å². The van der Waals surface area contributed by atoms with Crippen LogP contribution >= 0.6 is 0 Å². The van der Waals surface area contributed by atoms with Gasteiger partial charge in [0.25, 0.3) is 0 Å². The van der Waals surface area contributed by atoms with E-state index in [1.165, 1.54) is 0 Å². The predicted octanol–water partition coefficient (Wildman–Crippen LogP) is 3.35. The Morgan fingerprint density at radius 3 is 2.14 bits per heavy atom. The summed E-state index contributed by atoms with van der Waals surface area (Å²) >= 11 is 0. The van der Waals surface area contributed by atoms with Gasteiger partial charge in [-0.3, -0.25) is 9.59 Å². The van der Waals surface area contributed by atoms with Gasteiger partial charge in [-0.2, -0.15) is 0 Å². The molecule has 2 aliphatic heterocycles. The Hall–Kier alpha value is -1.79. The fraction of sp³-hybridized carbons (Fsp3) is 0.857. The maximum Gasteiger partial charge on any atom is 0.410 e. The topological polar surface area (TPSA) is 76.2 Å². The quantitative estimate of drug-likeness (QED) is 0.681. The zero-order chi connectivity index (χ0) is 21.3. The molecule has 2 fully saturated rings. The maximum atomic E-state index is 13.2. The number of carbonyl (C=O) groups excluding carboxylic acids is 3. The van der Waals surface area contributed by atoms with Crippen LogP contribution in [-0.4, -0.2) is 64.6 Å². The summed E-state index contributed by atoms with van der Waals surface area (Å²) in [4.78, 5) is 41.7. The highest BCUT2D eigenvalue weighted by Gasteiger charge is 2.50. The fourth-order valence-electron chi connectivity index (χ4n) is 4.21. The number of carbonyl (C=O) groups is 3. The minimum atomic E-state index is -0.626. The van der Waals surface area contributed by atoms with Crippen LogP contribution in [0, 0.1) is 5.41 Å². The molecule has 2 amide bonds. The first-order chi connectivity index (χ1) is 12.8. The van der Waals surface area contributed by atoms with Gasteiger partial charge in [-0.05, 0) is 53.4 Å². The molecule has 2 aliphatic rings. The molecular formula is C21H36N2O5. The van der Waals surface area contributed by atoms with Crippen LogP contribution in [0.3, 0.4) is 0 Å². The van der Waals surface area contributed by atoms with Crippen molar-refractivity contribution in [3.63, 3.8) is 0 Å². The van der Waals surface area contributed by atoms with E-state index in [-0.39, 0.29) is 43.3 Å². The minimum absolute atomic E-state index is 0.0854. The van der Waals surface area contributed by atoms with E-state index in [9.17, 15) is 14.4 Å². The molecule has 0 spiro atoms. The Kier molecular flexibility index (Phi) is 6.66. The number of rotatable bonds is 4. The highest BCUT2D eigenvalue weighted by atomic mass is 16.6. The summed E-state index contributed by atoms with van der Waals surface area (Å²) in [7, 11) is 0. The SMILES string of the molecule is CCOC(=O)CN(C(=O)C(C)(C)C)C1CCC2CCC1N2C(=O)OC(C)(C)C. The van der Waals surface area contributed by atoms with Gasteiger partial charge in [0, 0.05) is 11.5 Å². The van der Waals surface area contributed by atoms with Crippen molar-refractivity contribution < 1.29 is 23.9 Å². The summed E-state index contributed by atoms with van der Waals surface area (Å²) in [5, 5.41) is 0. The third kappa shape index (κ3) is 5.17. The molecule has 28 heavy (non-hydrogen) atoms. The van der Waals surface area contributed by atoms with Crippen molar-refractivity contribution in [1.29, 1.82) is 0 Å². The smallest absolute Gasteiger partial charge is 0.410 e. The molecule has 2 bridgehead atoms. The number of piperidine rings is 1. The van der Waals surface area contributed by atoms with E-state index in [0.717, 1.165) is 25.7 Å². The molecule has 3 atom stereocenters. The zero-order valence-corrected chi connectivity index (χ0v) is 18.4. The van der Waals surface area contributed by atoms with Crippen LogP contribution in [0.4, 0.5) is 4.79 Å². The lowest BCUT2D eigenvalue weighted by molar-refractivity contribution is -0.155. The molecule has 2 saturated heterocycles. The highest BCUT2D eigenvalue weighted by Crippen LogP contribution is 2.40. The molecule has 7 heteroatoms. The molecule has 3 unspecified atom stereocenters. The molecule has 0 N–H and O–H groups in total.